The Morgan fingerprint density at radius 2 is 1.96 bits per heavy atom. The minimum atomic E-state index is -3.58. The van der Waals surface area contributed by atoms with Crippen molar-refractivity contribution in [1.29, 1.82) is 0 Å². The van der Waals surface area contributed by atoms with Gasteiger partial charge in [0.2, 0.25) is 15.9 Å². The number of fused-ring (bicyclic) bond motifs is 1. The van der Waals surface area contributed by atoms with Gasteiger partial charge in [0.15, 0.2) is 5.58 Å². The first-order chi connectivity index (χ1) is 12.4. The summed E-state index contributed by atoms with van der Waals surface area (Å²) < 4.78 is 33.2. The molecule has 2 aromatic rings. The van der Waals surface area contributed by atoms with E-state index in [1.807, 2.05) is 0 Å². The van der Waals surface area contributed by atoms with Crippen LogP contribution in [0.5, 0.6) is 0 Å². The molecule has 1 aromatic carbocycles. The molecule has 11 heteroatoms. The van der Waals surface area contributed by atoms with E-state index in [4.69, 9.17) is 10.2 Å². The largest absolute Gasteiger partial charge is 0.419 e. The molecule has 1 aromatic heterocycles. The fourth-order valence-electron chi connectivity index (χ4n) is 3.01. The molecule has 9 nitrogen and oxygen atoms in total. The lowest BCUT2D eigenvalue weighted by Crippen LogP contribution is -2.30. The van der Waals surface area contributed by atoms with Crippen LogP contribution in [-0.2, 0) is 21.4 Å². The predicted molar refractivity (Wildman–Crippen MR) is 102 cm³/mol. The van der Waals surface area contributed by atoms with Gasteiger partial charge in [0.05, 0.1) is 10.4 Å². The van der Waals surface area contributed by atoms with Crippen LogP contribution < -0.4 is 16.8 Å². The van der Waals surface area contributed by atoms with E-state index < -0.39 is 15.8 Å². The minimum Gasteiger partial charge on any atom is -0.408 e. The first-order valence-corrected chi connectivity index (χ1v) is 9.98. The maximum Gasteiger partial charge on any atom is 0.419 e. The van der Waals surface area contributed by atoms with Crippen molar-refractivity contribution < 1.29 is 17.6 Å². The number of amides is 1. The van der Waals surface area contributed by atoms with Crippen LogP contribution in [0.1, 0.15) is 19.3 Å². The van der Waals surface area contributed by atoms with E-state index in [0.29, 0.717) is 31.7 Å². The maximum atomic E-state index is 12.6. The SMILES string of the molecule is Cl.NCCNC(=O)CCn1c(=O)oc2cc(S(=O)(=O)N3CCCC3)ccc21. The van der Waals surface area contributed by atoms with Gasteiger partial charge in [-0.1, -0.05) is 0 Å². The Hall–Kier alpha value is -1.88. The molecule has 0 atom stereocenters. The zero-order chi connectivity index (χ0) is 18.7. The molecule has 0 bridgehead atoms. The molecule has 150 valence electrons. The van der Waals surface area contributed by atoms with E-state index in [0.717, 1.165) is 12.8 Å². The van der Waals surface area contributed by atoms with Crippen molar-refractivity contribution in [1.82, 2.24) is 14.2 Å². The van der Waals surface area contributed by atoms with Gasteiger partial charge in [-0.05, 0) is 25.0 Å². The van der Waals surface area contributed by atoms with E-state index in [9.17, 15) is 18.0 Å². The Labute approximate surface area is 163 Å². The average molecular weight is 419 g/mol. The molecule has 0 radical (unpaired) electrons. The summed E-state index contributed by atoms with van der Waals surface area (Å²) in [4.78, 5) is 23.9. The number of halogens is 1. The van der Waals surface area contributed by atoms with Gasteiger partial charge in [-0.25, -0.2) is 13.2 Å². The Morgan fingerprint density at radius 3 is 2.63 bits per heavy atom. The number of carbonyl (C=O) groups excluding carboxylic acids is 1. The lowest BCUT2D eigenvalue weighted by Gasteiger charge is -2.15. The molecule has 1 aliphatic rings. The molecule has 27 heavy (non-hydrogen) atoms. The second-order valence-corrected chi connectivity index (χ2v) is 8.09. The van der Waals surface area contributed by atoms with E-state index in [1.165, 1.54) is 21.0 Å². The highest BCUT2D eigenvalue weighted by Gasteiger charge is 2.28. The molecule has 3 N–H and O–H groups in total. The van der Waals surface area contributed by atoms with E-state index in [-0.39, 0.29) is 41.8 Å². The van der Waals surface area contributed by atoms with Gasteiger partial charge in [0.25, 0.3) is 0 Å². The Morgan fingerprint density at radius 1 is 1.26 bits per heavy atom. The summed E-state index contributed by atoms with van der Waals surface area (Å²) in [5, 5.41) is 2.63. The number of rotatable bonds is 7. The second-order valence-electron chi connectivity index (χ2n) is 6.15. The van der Waals surface area contributed by atoms with Crippen LogP contribution in [0.15, 0.2) is 32.3 Å². The highest BCUT2D eigenvalue weighted by atomic mass is 35.5. The number of nitrogens with zero attached hydrogens (tertiary/aromatic N) is 2. The van der Waals surface area contributed by atoms with Gasteiger partial charge < -0.3 is 15.5 Å². The minimum absolute atomic E-state index is 0. The number of benzene rings is 1. The number of sulfonamides is 1. The van der Waals surface area contributed by atoms with E-state index in [2.05, 4.69) is 5.32 Å². The summed E-state index contributed by atoms with van der Waals surface area (Å²) in [7, 11) is -3.58. The van der Waals surface area contributed by atoms with Gasteiger partial charge in [-0.2, -0.15) is 4.31 Å². The highest BCUT2D eigenvalue weighted by Crippen LogP contribution is 2.24. The van der Waals surface area contributed by atoms with Crippen molar-refractivity contribution in [2.45, 2.75) is 30.7 Å². The summed E-state index contributed by atoms with van der Waals surface area (Å²) in [5.74, 6) is -0.840. The number of nitrogens with one attached hydrogen (secondary N) is 1. The smallest absolute Gasteiger partial charge is 0.408 e. The molecule has 1 fully saturated rings. The van der Waals surface area contributed by atoms with Crippen LogP contribution in [-0.4, -0.2) is 49.4 Å². The van der Waals surface area contributed by atoms with Crippen LogP contribution in [0, 0.1) is 0 Å². The van der Waals surface area contributed by atoms with Gasteiger partial charge in [-0.3, -0.25) is 9.36 Å². The monoisotopic (exact) mass is 418 g/mol. The molecule has 0 spiro atoms. The zero-order valence-electron chi connectivity index (χ0n) is 14.7. The van der Waals surface area contributed by atoms with Gasteiger partial charge in [-0.15, -0.1) is 12.4 Å². The zero-order valence-corrected chi connectivity index (χ0v) is 16.4. The number of hydrogen-bond donors (Lipinski definition) is 2. The molecule has 2 heterocycles. The molecule has 0 unspecified atom stereocenters. The molecular formula is C16H23ClN4O5S. The first-order valence-electron chi connectivity index (χ1n) is 8.54. The number of aromatic nitrogens is 1. The summed E-state index contributed by atoms with van der Waals surface area (Å²) in [6, 6.07) is 4.38. The Bertz CT molecular complexity index is 963. The van der Waals surface area contributed by atoms with Crippen molar-refractivity contribution in [3.8, 4) is 0 Å². The average Bonchev–Trinajstić information content (AvgIpc) is 3.25. The maximum absolute atomic E-state index is 12.6. The van der Waals surface area contributed by atoms with E-state index >= 15 is 0 Å². The van der Waals surface area contributed by atoms with Crippen molar-refractivity contribution in [2.24, 2.45) is 5.73 Å². The normalized spacial score (nSPS) is 15.0. The first kappa shape index (κ1) is 21.4. The lowest BCUT2D eigenvalue weighted by molar-refractivity contribution is -0.121. The van der Waals surface area contributed by atoms with Crippen LogP contribution in [0.25, 0.3) is 11.1 Å². The number of hydrogen-bond acceptors (Lipinski definition) is 6. The third-order valence-electron chi connectivity index (χ3n) is 4.37. The van der Waals surface area contributed by atoms with Gasteiger partial charge in [0, 0.05) is 45.2 Å². The third kappa shape index (κ3) is 4.52. The van der Waals surface area contributed by atoms with Crippen LogP contribution in [0.4, 0.5) is 0 Å². The highest BCUT2D eigenvalue weighted by molar-refractivity contribution is 7.89. The molecule has 1 aliphatic heterocycles. The Balaban J connectivity index is 0.00000261. The standard InChI is InChI=1S/C16H22N4O5S.ClH/c17-6-7-18-15(21)5-10-20-13-4-3-12(11-14(13)25-16(20)22)26(23,24)19-8-1-2-9-19;/h3-4,11H,1-2,5-10,17H2,(H,18,21);1H. The molecule has 3 rings (SSSR count). The van der Waals surface area contributed by atoms with Crippen molar-refractivity contribution in [2.75, 3.05) is 26.2 Å². The van der Waals surface area contributed by atoms with Crippen molar-refractivity contribution in [3.63, 3.8) is 0 Å². The predicted octanol–water partition coefficient (Wildman–Crippen LogP) is 0.266. The molecule has 1 amide bonds. The van der Waals surface area contributed by atoms with Crippen molar-refractivity contribution >= 4 is 39.4 Å². The number of oxazole rings is 1. The fraction of sp³-hybridized carbons (Fsp3) is 0.500. The third-order valence-corrected chi connectivity index (χ3v) is 6.27. The van der Waals surface area contributed by atoms with E-state index in [1.54, 1.807) is 6.07 Å². The fourth-order valence-corrected chi connectivity index (χ4v) is 4.54. The second kappa shape index (κ2) is 8.87. The number of carbonyl (C=O) groups is 1. The number of aryl methyl sites for hydroxylation is 1. The molecular weight excluding hydrogens is 396 g/mol. The van der Waals surface area contributed by atoms with Gasteiger partial charge >= 0.3 is 5.76 Å². The Kier molecular flexibility index (Phi) is 7.04. The molecule has 0 aliphatic carbocycles. The molecule has 1 saturated heterocycles. The van der Waals surface area contributed by atoms with Crippen LogP contribution >= 0.6 is 12.4 Å². The quantitative estimate of drug-likeness (QED) is 0.664. The lowest BCUT2D eigenvalue weighted by atomic mass is 10.3. The number of nitrogens with two attached hydrogens (primary N) is 1. The van der Waals surface area contributed by atoms with Crippen LogP contribution in [0.3, 0.4) is 0 Å². The summed E-state index contributed by atoms with van der Waals surface area (Å²) >= 11 is 0. The summed E-state index contributed by atoms with van der Waals surface area (Å²) in [6.07, 6.45) is 1.79. The summed E-state index contributed by atoms with van der Waals surface area (Å²) in [6.45, 7) is 1.86. The van der Waals surface area contributed by atoms with Crippen molar-refractivity contribution in [3.05, 3.63) is 28.7 Å². The van der Waals surface area contributed by atoms with Gasteiger partial charge in [0.1, 0.15) is 0 Å². The topological polar surface area (TPSA) is 128 Å². The van der Waals surface area contributed by atoms with Crippen LogP contribution in [0.2, 0.25) is 0 Å². The summed E-state index contributed by atoms with van der Waals surface area (Å²) in [5.41, 5.74) is 5.98. The molecule has 0 saturated carbocycles.